The van der Waals surface area contributed by atoms with Crippen LogP contribution in [0.4, 0.5) is 0 Å². The fourth-order valence-corrected chi connectivity index (χ4v) is 5.48. The molecule has 1 atom stereocenters. The van der Waals surface area contributed by atoms with E-state index < -0.39 is 0 Å². The predicted molar refractivity (Wildman–Crippen MR) is 141 cm³/mol. The average Bonchev–Trinajstić information content (AvgIpc) is 3.59. The second kappa shape index (κ2) is 9.74. The van der Waals surface area contributed by atoms with Crippen LogP contribution in [0.15, 0.2) is 59.5 Å². The Bertz CT molecular complexity index is 1510. The van der Waals surface area contributed by atoms with Crippen molar-refractivity contribution in [1.29, 1.82) is 0 Å². The van der Waals surface area contributed by atoms with Gasteiger partial charge in [-0.3, -0.25) is 14.5 Å². The van der Waals surface area contributed by atoms with Gasteiger partial charge in [-0.2, -0.15) is 0 Å². The molecule has 2 aliphatic rings. The zero-order chi connectivity index (χ0) is 25.5. The summed E-state index contributed by atoms with van der Waals surface area (Å²) in [5.41, 5.74) is 2.65. The van der Waals surface area contributed by atoms with Gasteiger partial charge in [-0.05, 0) is 67.8 Å². The summed E-state index contributed by atoms with van der Waals surface area (Å²) in [7, 11) is 0. The number of pyridine rings is 1. The number of H-pyrrole nitrogens is 1. The van der Waals surface area contributed by atoms with Gasteiger partial charge < -0.3 is 15.0 Å². The van der Waals surface area contributed by atoms with Crippen LogP contribution in [-0.4, -0.2) is 79.1 Å². The monoisotopic (exact) mass is 518 g/mol. The van der Waals surface area contributed by atoms with Crippen LogP contribution < -0.4 is 5.56 Å². The molecule has 0 aliphatic carbocycles. The molecule has 0 radical (unpaired) electrons. The number of carbonyl (C=O) groups is 1. The molecular weight excluding hydrogens is 492 g/mol. The number of hydrogen-bond donors (Lipinski definition) is 2. The largest absolute Gasteiger partial charge is 0.393 e. The highest BCUT2D eigenvalue weighted by Gasteiger charge is 2.32. The van der Waals surface area contributed by atoms with Crippen molar-refractivity contribution in [3.63, 3.8) is 0 Å². The van der Waals surface area contributed by atoms with Crippen LogP contribution in [0, 0.1) is 0 Å². The van der Waals surface area contributed by atoms with E-state index in [4.69, 9.17) is 11.6 Å². The van der Waals surface area contributed by atoms with Crippen LogP contribution in [0.3, 0.4) is 0 Å². The van der Waals surface area contributed by atoms with Gasteiger partial charge in [-0.15, -0.1) is 5.10 Å². The molecule has 2 N–H and O–H groups in total. The molecule has 1 unspecified atom stereocenters. The number of nitrogens with one attached hydrogen (secondary N) is 1. The Morgan fingerprint density at radius 2 is 1.81 bits per heavy atom. The number of aromatic nitrogens is 4. The van der Waals surface area contributed by atoms with Gasteiger partial charge >= 0.3 is 0 Å². The molecule has 2 aromatic carbocycles. The lowest BCUT2D eigenvalue weighted by Gasteiger charge is -2.34. The average molecular weight is 519 g/mol. The van der Waals surface area contributed by atoms with Crippen LogP contribution in [0.2, 0.25) is 5.02 Å². The van der Waals surface area contributed by atoms with Gasteiger partial charge in [0.2, 0.25) is 0 Å². The van der Waals surface area contributed by atoms with Gasteiger partial charge in [0.25, 0.3) is 11.5 Å². The molecule has 190 valence electrons. The van der Waals surface area contributed by atoms with E-state index in [0.29, 0.717) is 39.9 Å². The first kappa shape index (κ1) is 23.8. The fraction of sp³-hybridized carbons (Fsp3) is 0.333. The fourth-order valence-electron chi connectivity index (χ4n) is 5.30. The van der Waals surface area contributed by atoms with E-state index in [-0.39, 0.29) is 17.6 Å². The molecule has 6 rings (SSSR count). The first-order chi connectivity index (χ1) is 17.9. The van der Waals surface area contributed by atoms with Gasteiger partial charge in [0.1, 0.15) is 5.69 Å². The second-order valence-corrected chi connectivity index (χ2v) is 10.2. The number of halogens is 1. The molecule has 9 nitrogen and oxygen atoms in total. The number of carbonyl (C=O) groups excluding carboxylic acids is 1. The molecule has 2 aliphatic heterocycles. The number of likely N-dealkylation sites (tertiary alicyclic amines) is 2. The maximum Gasteiger partial charge on any atom is 0.258 e. The van der Waals surface area contributed by atoms with E-state index in [9.17, 15) is 14.7 Å². The molecule has 4 aromatic rings. The highest BCUT2D eigenvalue weighted by atomic mass is 35.5. The quantitative estimate of drug-likeness (QED) is 0.430. The van der Waals surface area contributed by atoms with Gasteiger partial charge in [-0.1, -0.05) is 16.8 Å². The number of aromatic amines is 1. The molecule has 4 heterocycles. The third-order valence-electron chi connectivity index (χ3n) is 7.42. The summed E-state index contributed by atoms with van der Waals surface area (Å²) in [6.45, 7) is 3.24. The summed E-state index contributed by atoms with van der Waals surface area (Å²) < 4.78 is 1.59. The third kappa shape index (κ3) is 4.77. The molecule has 2 fully saturated rings. The number of piperidine rings is 1. The zero-order valence-corrected chi connectivity index (χ0v) is 20.9. The van der Waals surface area contributed by atoms with Crippen molar-refractivity contribution in [3.05, 3.63) is 75.7 Å². The van der Waals surface area contributed by atoms with E-state index in [1.54, 1.807) is 47.3 Å². The molecule has 0 bridgehead atoms. The summed E-state index contributed by atoms with van der Waals surface area (Å²) in [5.74, 6) is 0.0201. The van der Waals surface area contributed by atoms with Crippen molar-refractivity contribution in [2.75, 3.05) is 26.2 Å². The standard InChI is InChI=1S/C27H27ClN6O3/c28-19-3-6-24-18(13-19)14-23(26(36)29-24)25-16-34(31-30-25)20-4-1-17(2-5-20)27(37)33-10-7-21(15-33)32-11-8-22(35)9-12-32/h1-6,13-14,16,21-22,35H,7-12,15H2,(H,29,36). The van der Waals surface area contributed by atoms with E-state index >= 15 is 0 Å². The zero-order valence-electron chi connectivity index (χ0n) is 20.2. The van der Waals surface area contributed by atoms with E-state index in [2.05, 4.69) is 20.2 Å². The van der Waals surface area contributed by atoms with Crippen molar-refractivity contribution in [3.8, 4) is 16.9 Å². The maximum atomic E-state index is 13.1. The van der Waals surface area contributed by atoms with Crippen molar-refractivity contribution in [2.24, 2.45) is 0 Å². The van der Waals surface area contributed by atoms with Crippen molar-refractivity contribution in [2.45, 2.75) is 31.4 Å². The number of rotatable bonds is 4. The van der Waals surface area contributed by atoms with Crippen LogP contribution in [0.25, 0.3) is 27.8 Å². The number of hydrogen-bond acceptors (Lipinski definition) is 6. The summed E-state index contributed by atoms with van der Waals surface area (Å²) in [6.07, 6.45) is 4.07. The first-order valence-corrected chi connectivity index (χ1v) is 12.9. The summed E-state index contributed by atoms with van der Waals surface area (Å²) in [6, 6.07) is 14.7. The third-order valence-corrected chi connectivity index (χ3v) is 7.66. The number of aliphatic hydroxyl groups is 1. The summed E-state index contributed by atoms with van der Waals surface area (Å²) in [5, 5.41) is 19.5. The lowest BCUT2D eigenvalue weighted by Crippen LogP contribution is -2.44. The Morgan fingerprint density at radius 1 is 1.03 bits per heavy atom. The van der Waals surface area contributed by atoms with Gasteiger partial charge in [0.05, 0.1) is 23.6 Å². The summed E-state index contributed by atoms with van der Waals surface area (Å²) in [4.78, 5) is 32.9. The Kier molecular flexibility index (Phi) is 6.27. The minimum Gasteiger partial charge on any atom is -0.393 e. The molecule has 2 saturated heterocycles. The highest BCUT2D eigenvalue weighted by Crippen LogP contribution is 2.24. The first-order valence-electron chi connectivity index (χ1n) is 12.5. The topological polar surface area (TPSA) is 107 Å². The van der Waals surface area contributed by atoms with Gasteiger partial charge in [0.15, 0.2) is 0 Å². The molecule has 10 heteroatoms. The highest BCUT2D eigenvalue weighted by molar-refractivity contribution is 6.31. The van der Waals surface area contributed by atoms with Crippen LogP contribution >= 0.6 is 11.6 Å². The van der Waals surface area contributed by atoms with E-state index in [0.717, 1.165) is 50.0 Å². The second-order valence-electron chi connectivity index (χ2n) is 9.80. The van der Waals surface area contributed by atoms with E-state index in [1.807, 2.05) is 17.0 Å². The Balaban J connectivity index is 1.16. The number of amides is 1. The lowest BCUT2D eigenvalue weighted by atomic mass is 10.1. The Hall–Kier alpha value is -3.53. The van der Waals surface area contributed by atoms with Crippen LogP contribution in [0.1, 0.15) is 29.6 Å². The molecule has 0 spiro atoms. The Labute approximate surface area is 218 Å². The van der Waals surface area contributed by atoms with Gasteiger partial charge in [0, 0.05) is 53.7 Å². The van der Waals surface area contributed by atoms with Crippen molar-refractivity contribution in [1.82, 2.24) is 29.8 Å². The SMILES string of the molecule is O=C(c1ccc(-n2cc(-c3cc4cc(Cl)ccc4[nH]c3=O)nn2)cc1)N1CCC(N2CCC(O)CC2)C1. The van der Waals surface area contributed by atoms with Crippen molar-refractivity contribution >= 4 is 28.4 Å². The number of benzene rings is 2. The molecule has 2 aromatic heterocycles. The molecule has 1 amide bonds. The smallest absolute Gasteiger partial charge is 0.258 e. The minimum atomic E-state index is -0.257. The van der Waals surface area contributed by atoms with Crippen molar-refractivity contribution < 1.29 is 9.90 Å². The molecule has 0 saturated carbocycles. The predicted octanol–water partition coefficient (Wildman–Crippen LogP) is 3.10. The van der Waals surface area contributed by atoms with E-state index in [1.165, 1.54) is 0 Å². The molecular formula is C27H27ClN6O3. The normalized spacial score (nSPS) is 19.1. The number of aliphatic hydroxyl groups excluding tert-OH is 1. The summed E-state index contributed by atoms with van der Waals surface area (Å²) >= 11 is 6.10. The maximum absolute atomic E-state index is 13.1. The lowest BCUT2D eigenvalue weighted by molar-refractivity contribution is 0.0592. The minimum absolute atomic E-state index is 0.0201. The molecule has 37 heavy (non-hydrogen) atoms. The Morgan fingerprint density at radius 3 is 2.59 bits per heavy atom. The van der Waals surface area contributed by atoms with Gasteiger partial charge in [-0.25, -0.2) is 4.68 Å². The number of fused-ring (bicyclic) bond motifs is 1. The van der Waals surface area contributed by atoms with Crippen LogP contribution in [-0.2, 0) is 0 Å². The van der Waals surface area contributed by atoms with Crippen LogP contribution in [0.5, 0.6) is 0 Å². The number of nitrogens with zero attached hydrogens (tertiary/aromatic N) is 5.